The Bertz CT molecular complexity index is 992. The molecule has 2 aromatic heterocycles. The number of aromatic nitrogens is 3. The third kappa shape index (κ3) is 4.35. The zero-order chi connectivity index (χ0) is 20.4. The van der Waals surface area contributed by atoms with Crippen molar-refractivity contribution in [1.29, 1.82) is 0 Å². The van der Waals surface area contributed by atoms with Gasteiger partial charge in [-0.3, -0.25) is 14.7 Å². The van der Waals surface area contributed by atoms with E-state index in [1.165, 1.54) is 0 Å². The highest BCUT2D eigenvalue weighted by Gasteiger charge is 2.30. The molecule has 0 unspecified atom stereocenters. The Kier molecular flexibility index (Phi) is 5.40. The van der Waals surface area contributed by atoms with Crippen molar-refractivity contribution in [2.75, 3.05) is 13.1 Å². The number of aldehydes is 1. The molecular formula is C22H24N4O3. The maximum atomic E-state index is 11.0. The summed E-state index contributed by atoms with van der Waals surface area (Å²) in [6.45, 7) is 8.28. The summed E-state index contributed by atoms with van der Waals surface area (Å²) in [6, 6.07) is 9.57. The van der Waals surface area contributed by atoms with Gasteiger partial charge in [-0.15, -0.1) is 0 Å². The van der Waals surface area contributed by atoms with E-state index in [0.29, 0.717) is 18.0 Å². The van der Waals surface area contributed by atoms with Crippen LogP contribution < -0.4 is 4.74 Å². The first kappa shape index (κ1) is 19.3. The molecule has 29 heavy (non-hydrogen) atoms. The van der Waals surface area contributed by atoms with Crippen molar-refractivity contribution in [3.8, 4) is 17.0 Å². The van der Waals surface area contributed by atoms with Crippen LogP contribution in [0.1, 0.15) is 47.4 Å². The molecule has 150 valence electrons. The molecule has 1 fully saturated rings. The van der Waals surface area contributed by atoms with Crippen LogP contribution in [0.4, 0.5) is 0 Å². The lowest BCUT2D eigenvalue weighted by molar-refractivity contribution is 0.00844. The van der Waals surface area contributed by atoms with E-state index >= 15 is 0 Å². The molecular weight excluding hydrogens is 368 g/mol. The summed E-state index contributed by atoms with van der Waals surface area (Å²) in [4.78, 5) is 22.1. The lowest BCUT2D eigenvalue weighted by Gasteiger charge is -2.37. The van der Waals surface area contributed by atoms with Crippen LogP contribution in [0, 0.1) is 6.92 Å². The van der Waals surface area contributed by atoms with Gasteiger partial charge in [0.15, 0.2) is 5.82 Å². The van der Waals surface area contributed by atoms with Crippen molar-refractivity contribution < 1.29 is 14.1 Å². The fourth-order valence-electron chi connectivity index (χ4n) is 3.26. The summed E-state index contributed by atoms with van der Waals surface area (Å²) in [5.41, 5.74) is 3.47. The molecule has 0 spiro atoms. The van der Waals surface area contributed by atoms with Crippen LogP contribution in [-0.2, 0) is 6.54 Å². The van der Waals surface area contributed by atoms with E-state index in [2.05, 4.69) is 20.0 Å². The molecule has 1 aliphatic heterocycles. The number of rotatable bonds is 7. The van der Waals surface area contributed by atoms with Crippen LogP contribution in [-0.4, -0.2) is 45.5 Å². The van der Waals surface area contributed by atoms with Crippen molar-refractivity contribution in [3.63, 3.8) is 0 Å². The van der Waals surface area contributed by atoms with Gasteiger partial charge in [0.1, 0.15) is 18.1 Å². The average molecular weight is 392 g/mol. The van der Waals surface area contributed by atoms with Gasteiger partial charge < -0.3 is 9.26 Å². The van der Waals surface area contributed by atoms with Gasteiger partial charge in [-0.1, -0.05) is 31.1 Å². The number of benzene rings is 1. The molecule has 0 aliphatic carbocycles. The Hall–Kier alpha value is -3.06. The second-order valence-corrected chi connectivity index (χ2v) is 7.70. The minimum Gasteiger partial charge on any atom is -0.486 e. The number of likely N-dealkylation sites (tertiary alicyclic amines) is 1. The molecule has 7 nitrogen and oxygen atoms in total. The van der Waals surface area contributed by atoms with Crippen molar-refractivity contribution in [1.82, 2.24) is 20.0 Å². The number of carbonyl (C=O) groups is 1. The van der Waals surface area contributed by atoms with Crippen molar-refractivity contribution in [3.05, 3.63) is 59.4 Å². The summed E-state index contributed by atoms with van der Waals surface area (Å²) in [6.07, 6.45) is 2.74. The van der Waals surface area contributed by atoms with Gasteiger partial charge in [0, 0.05) is 30.1 Å². The monoisotopic (exact) mass is 392 g/mol. The molecule has 3 aromatic rings. The molecule has 1 saturated heterocycles. The van der Waals surface area contributed by atoms with Gasteiger partial charge in [-0.05, 0) is 30.7 Å². The van der Waals surface area contributed by atoms with E-state index in [9.17, 15) is 4.79 Å². The van der Waals surface area contributed by atoms with Crippen LogP contribution >= 0.6 is 0 Å². The molecule has 0 amide bonds. The minimum absolute atomic E-state index is 0.129. The van der Waals surface area contributed by atoms with E-state index < -0.39 is 0 Å². The van der Waals surface area contributed by atoms with E-state index in [1.54, 1.807) is 6.20 Å². The zero-order valence-electron chi connectivity index (χ0n) is 16.8. The van der Waals surface area contributed by atoms with Crippen molar-refractivity contribution in [2.24, 2.45) is 0 Å². The predicted molar refractivity (Wildman–Crippen MR) is 108 cm³/mol. The second-order valence-electron chi connectivity index (χ2n) is 7.70. The maximum absolute atomic E-state index is 11.0. The summed E-state index contributed by atoms with van der Waals surface area (Å²) in [5.74, 6) is 2.41. The van der Waals surface area contributed by atoms with E-state index in [-0.39, 0.29) is 12.0 Å². The standard InChI is InChI=1S/C22H24N4O3/c1-14(2)22-24-21(29-25-22)12-26-10-19(11-26)28-18-6-7-20(23-9-18)16-4-5-17(13-27)15(3)8-16/h4-9,13-14,19H,10-12H2,1-3H3. The number of ether oxygens (including phenoxy) is 1. The fourth-order valence-corrected chi connectivity index (χ4v) is 3.26. The number of nitrogens with zero attached hydrogens (tertiary/aromatic N) is 4. The van der Waals surface area contributed by atoms with Gasteiger partial charge >= 0.3 is 0 Å². The first-order valence-electron chi connectivity index (χ1n) is 9.75. The lowest BCUT2D eigenvalue weighted by Crippen LogP contribution is -2.53. The number of hydrogen-bond donors (Lipinski definition) is 0. The lowest BCUT2D eigenvalue weighted by atomic mass is 10.0. The summed E-state index contributed by atoms with van der Waals surface area (Å²) < 4.78 is 11.3. The second kappa shape index (κ2) is 8.13. The van der Waals surface area contributed by atoms with Crippen molar-refractivity contribution >= 4 is 6.29 Å². The molecule has 0 saturated carbocycles. The summed E-state index contributed by atoms with van der Waals surface area (Å²) in [7, 11) is 0. The highest BCUT2D eigenvalue weighted by atomic mass is 16.5. The minimum atomic E-state index is 0.129. The SMILES string of the molecule is Cc1cc(-c2ccc(OC3CN(Cc4nc(C(C)C)no4)C3)cn2)ccc1C=O. The smallest absolute Gasteiger partial charge is 0.240 e. The first-order valence-corrected chi connectivity index (χ1v) is 9.75. The largest absolute Gasteiger partial charge is 0.486 e. The summed E-state index contributed by atoms with van der Waals surface area (Å²) in [5, 5.41) is 3.99. The van der Waals surface area contributed by atoms with Crippen molar-refractivity contribution in [2.45, 2.75) is 39.3 Å². The molecule has 0 radical (unpaired) electrons. The van der Waals surface area contributed by atoms with Gasteiger partial charge in [-0.2, -0.15) is 4.98 Å². The number of carbonyl (C=O) groups excluding carboxylic acids is 1. The molecule has 4 rings (SSSR count). The molecule has 3 heterocycles. The molecule has 1 aromatic carbocycles. The Morgan fingerprint density at radius 3 is 2.72 bits per heavy atom. The zero-order valence-corrected chi connectivity index (χ0v) is 16.8. The van der Waals surface area contributed by atoms with E-state index in [4.69, 9.17) is 9.26 Å². The van der Waals surface area contributed by atoms with Crippen LogP contribution in [0.25, 0.3) is 11.3 Å². The van der Waals surface area contributed by atoms with E-state index in [0.717, 1.165) is 47.8 Å². The van der Waals surface area contributed by atoms with Crippen LogP contribution in [0.3, 0.4) is 0 Å². The van der Waals surface area contributed by atoms with Gasteiger partial charge in [-0.25, -0.2) is 0 Å². The normalized spacial score (nSPS) is 14.8. The third-order valence-corrected chi connectivity index (χ3v) is 5.01. The summed E-state index contributed by atoms with van der Waals surface area (Å²) >= 11 is 0. The first-order chi connectivity index (χ1) is 14.0. The Morgan fingerprint density at radius 2 is 2.10 bits per heavy atom. The van der Waals surface area contributed by atoms with Gasteiger partial charge in [0.05, 0.1) is 18.4 Å². The number of pyridine rings is 1. The fraction of sp³-hybridized carbons (Fsp3) is 0.364. The number of aryl methyl sites for hydroxylation is 1. The predicted octanol–water partition coefficient (Wildman–Crippen LogP) is 3.64. The third-order valence-electron chi connectivity index (χ3n) is 5.01. The van der Waals surface area contributed by atoms with Crippen LogP contribution in [0.2, 0.25) is 0 Å². The quantitative estimate of drug-likeness (QED) is 0.568. The Morgan fingerprint density at radius 1 is 1.28 bits per heavy atom. The van der Waals surface area contributed by atoms with Crippen LogP contribution in [0.15, 0.2) is 41.1 Å². The molecule has 0 atom stereocenters. The highest BCUT2D eigenvalue weighted by molar-refractivity contribution is 5.79. The van der Waals surface area contributed by atoms with Gasteiger partial charge in [0.25, 0.3) is 0 Å². The maximum Gasteiger partial charge on any atom is 0.240 e. The highest BCUT2D eigenvalue weighted by Crippen LogP contribution is 2.24. The van der Waals surface area contributed by atoms with E-state index in [1.807, 2.05) is 51.1 Å². The Labute approximate surface area is 169 Å². The Balaban J connectivity index is 1.30. The molecule has 1 aliphatic rings. The van der Waals surface area contributed by atoms with Gasteiger partial charge in [0.2, 0.25) is 5.89 Å². The molecule has 0 bridgehead atoms. The number of hydrogen-bond acceptors (Lipinski definition) is 7. The molecule has 0 N–H and O–H groups in total. The molecule has 7 heteroatoms. The van der Waals surface area contributed by atoms with Crippen LogP contribution in [0.5, 0.6) is 5.75 Å². The average Bonchev–Trinajstić information content (AvgIpc) is 3.16. The topological polar surface area (TPSA) is 81.3 Å².